The number of benzene rings is 3. The summed E-state index contributed by atoms with van der Waals surface area (Å²) in [6.45, 7) is 2.01. The molecule has 8 nitrogen and oxygen atoms in total. The number of hydrogen-bond acceptors (Lipinski definition) is 5. The van der Waals surface area contributed by atoms with Gasteiger partial charge in [0.2, 0.25) is 21.8 Å². The molecule has 1 fully saturated rings. The topological polar surface area (TPSA) is 96.0 Å². The van der Waals surface area contributed by atoms with Gasteiger partial charge in [0, 0.05) is 12.6 Å². The highest BCUT2D eigenvalue weighted by Crippen LogP contribution is 2.24. The van der Waals surface area contributed by atoms with Gasteiger partial charge in [-0.3, -0.25) is 13.9 Å². The summed E-state index contributed by atoms with van der Waals surface area (Å²) in [5, 5.41) is 3.12. The summed E-state index contributed by atoms with van der Waals surface area (Å²) in [5.41, 5.74) is 2.22. The van der Waals surface area contributed by atoms with Crippen LogP contribution in [0, 0.1) is 0 Å². The number of carbonyl (C=O) groups excluding carboxylic acids is 2. The van der Waals surface area contributed by atoms with Crippen LogP contribution in [0.15, 0.2) is 84.9 Å². The Labute approximate surface area is 243 Å². The molecule has 3 aromatic carbocycles. The largest absolute Gasteiger partial charge is 0.489 e. The molecule has 1 unspecified atom stereocenters. The molecule has 0 saturated heterocycles. The Morgan fingerprint density at radius 1 is 0.902 bits per heavy atom. The van der Waals surface area contributed by atoms with Crippen LogP contribution >= 0.6 is 0 Å². The van der Waals surface area contributed by atoms with Crippen molar-refractivity contribution in [3.8, 4) is 5.75 Å². The van der Waals surface area contributed by atoms with Gasteiger partial charge < -0.3 is 15.0 Å². The molecule has 218 valence electrons. The summed E-state index contributed by atoms with van der Waals surface area (Å²) in [5.74, 6) is -0.0654. The lowest BCUT2D eigenvalue weighted by atomic mass is 10.1. The fraction of sp³-hybridized carbons (Fsp3) is 0.375. The first-order valence-corrected chi connectivity index (χ1v) is 16.0. The molecule has 0 aromatic heterocycles. The number of anilines is 1. The standard InChI is InChI=1S/C32H39N3O5S/c1-3-30(32(37)33-27-16-10-11-17-27)34(22-25-12-6-4-7-13-25)31(36)23-35(41(2,38)39)28-18-20-29(21-19-28)40-24-26-14-8-5-9-15-26/h4-9,12-15,18-21,27,30H,3,10-11,16-17,22-24H2,1-2H3,(H,33,37). The summed E-state index contributed by atoms with van der Waals surface area (Å²) >= 11 is 0. The predicted octanol–water partition coefficient (Wildman–Crippen LogP) is 4.90. The smallest absolute Gasteiger partial charge is 0.244 e. The van der Waals surface area contributed by atoms with Crippen LogP contribution in [0.4, 0.5) is 5.69 Å². The van der Waals surface area contributed by atoms with Crippen molar-refractivity contribution in [3.63, 3.8) is 0 Å². The van der Waals surface area contributed by atoms with E-state index in [1.54, 1.807) is 24.3 Å². The number of amides is 2. The molecule has 3 aromatic rings. The molecule has 9 heteroatoms. The molecule has 0 aliphatic heterocycles. The van der Waals surface area contributed by atoms with Gasteiger partial charge in [-0.05, 0) is 54.7 Å². The second kappa shape index (κ2) is 14.2. The summed E-state index contributed by atoms with van der Waals surface area (Å²) in [7, 11) is -3.81. The Bertz CT molecular complexity index is 1380. The first kappa shape index (κ1) is 30.1. The molecule has 0 spiro atoms. The molecule has 41 heavy (non-hydrogen) atoms. The Balaban J connectivity index is 1.53. The van der Waals surface area contributed by atoms with Gasteiger partial charge in [-0.25, -0.2) is 8.42 Å². The minimum Gasteiger partial charge on any atom is -0.489 e. The van der Waals surface area contributed by atoms with E-state index >= 15 is 0 Å². The van der Waals surface area contributed by atoms with E-state index in [1.807, 2.05) is 67.6 Å². The molecule has 1 saturated carbocycles. The molecular formula is C32H39N3O5S. The van der Waals surface area contributed by atoms with E-state index in [-0.39, 0.29) is 18.5 Å². The van der Waals surface area contributed by atoms with Crippen LogP contribution in [0.2, 0.25) is 0 Å². The van der Waals surface area contributed by atoms with Crippen molar-refractivity contribution >= 4 is 27.5 Å². The second-order valence-electron chi connectivity index (χ2n) is 10.5. The molecule has 1 atom stereocenters. The number of ether oxygens (including phenoxy) is 1. The lowest BCUT2D eigenvalue weighted by Gasteiger charge is -2.33. The highest BCUT2D eigenvalue weighted by Gasteiger charge is 2.33. The van der Waals surface area contributed by atoms with Gasteiger partial charge in [-0.1, -0.05) is 80.4 Å². The van der Waals surface area contributed by atoms with Gasteiger partial charge in [0.1, 0.15) is 24.9 Å². The molecule has 1 aliphatic carbocycles. The molecular weight excluding hydrogens is 538 g/mol. The van der Waals surface area contributed by atoms with Crippen LogP contribution < -0.4 is 14.4 Å². The van der Waals surface area contributed by atoms with Crippen LogP contribution in [0.3, 0.4) is 0 Å². The zero-order chi connectivity index (χ0) is 29.2. The van der Waals surface area contributed by atoms with Gasteiger partial charge in [-0.15, -0.1) is 0 Å². The highest BCUT2D eigenvalue weighted by atomic mass is 32.2. The number of nitrogens with zero attached hydrogens (tertiary/aromatic N) is 2. The lowest BCUT2D eigenvalue weighted by molar-refractivity contribution is -0.140. The first-order chi connectivity index (χ1) is 19.7. The fourth-order valence-electron chi connectivity index (χ4n) is 5.13. The van der Waals surface area contributed by atoms with Gasteiger partial charge in [-0.2, -0.15) is 0 Å². The minimum absolute atomic E-state index is 0.111. The van der Waals surface area contributed by atoms with Crippen molar-refractivity contribution in [3.05, 3.63) is 96.1 Å². The summed E-state index contributed by atoms with van der Waals surface area (Å²) in [4.78, 5) is 28.7. The SMILES string of the molecule is CCC(C(=O)NC1CCCC1)N(Cc1ccccc1)C(=O)CN(c1ccc(OCc2ccccc2)cc1)S(C)(=O)=O. The Hall–Kier alpha value is -3.85. The number of carbonyl (C=O) groups is 2. The van der Waals surface area contributed by atoms with E-state index in [0.717, 1.165) is 47.4 Å². The van der Waals surface area contributed by atoms with Gasteiger partial charge in [0.15, 0.2) is 0 Å². The van der Waals surface area contributed by atoms with E-state index in [2.05, 4.69) is 5.32 Å². The Morgan fingerprint density at radius 3 is 2.05 bits per heavy atom. The first-order valence-electron chi connectivity index (χ1n) is 14.1. The zero-order valence-electron chi connectivity index (χ0n) is 23.7. The van der Waals surface area contributed by atoms with Crippen molar-refractivity contribution in [2.45, 2.75) is 64.3 Å². The molecule has 2 amide bonds. The van der Waals surface area contributed by atoms with Crippen molar-refractivity contribution in [1.82, 2.24) is 10.2 Å². The summed E-state index contributed by atoms with van der Waals surface area (Å²) in [6.07, 6.45) is 5.50. The third-order valence-electron chi connectivity index (χ3n) is 7.34. The van der Waals surface area contributed by atoms with Crippen molar-refractivity contribution in [1.29, 1.82) is 0 Å². The molecule has 1 aliphatic rings. The van der Waals surface area contributed by atoms with Crippen LogP contribution in [0.25, 0.3) is 0 Å². The van der Waals surface area contributed by atoms with Gasteiger partial charge in [0.25, 0.3) is 0 Å². The third-order valence-corrected chi connectivity index (χ3v) is 8.48. The molecule has 0 bridgehead atoms. The monoisotopic (exact) mass is 577 g/mol. The molecule has 0 heterocycles. The van der Waals surface area contributed by atoms with Crippen LogP contribution in [-0.2, 0) is 32.8 Å². The number of nitrogens with one attached hydrogen (secondary N) is 1. The van der Waals surface area contributed by atoms with E-state index in [4.69, 9.17) is 4.74 Å². The molecule has 4 rings (SSSR count). The number of rotatable bonds is 13. The average Bonchev–Trinajstić information content (AvgIpc) is 3.48. The summed E-state index contributed by atoms with van der Waals surface area (Å²) < 4.78 is 32.7. The lowest BCUT2D eigenvalue weighted by Crippen LogP contribution is -2.53. The van der Waals surface area contributed by atoms with E-state index < -0.39 is 28.5 Å². The molecule has 0 radical (unpaired) electrons. The average molecular weight is 578 g/mol. The van der Waals surface area contributed by atoms with Crippen LogP contribution in [0.5, 0.6) is 5.75 Å². The van der Waals surface area contributed by atoms with E-state index in [1.165, 1.54) is 4.90 Å². The maximum atomic E-state index is 13.9. The van der Waals surface area contributed by atoms with E-state index in [0.29, 0.717) is 24.5 Å². The van der Waals surface area contributed by atoms with Crippen molar-refractivity contribution in [2.24, 2.45) is 0 Å². The number of sulfonamides is 1. The highest BCUT2D eigenvalue weighted by molar-refractivity contribution is 7.92. The molecule has 1 N–H and O–H groups in total. The van der Waals surface area contributed by atoms with Gasteiger partial charge in [0.05, 0.1) is 11.9 Å². The van der Waals surface area contributed by atoms with Gasteiger partial charge >= 0.3 is 0 Å². The maximum Gasteiger partial charge on any atom is 0.244 e. The van der Waals surface area contributed by atoms with Crippen LogP contribution in [-0.4, -0.2) is 50.0 Å². The third kappa shape index (κ3) is 8.57. The minimum atomic E-state index is -3.81. The van der Waals surface area contributed by atoms with Crippen molar-refractivity contribution < 1.29 is 22.7 Å². The normalized spacial score (nSPS) is 14.3. The Kier molecular flexibility index (Phi) is 10.4. The number of hydrogen-bond donors (Lipinski definition) is 1. The van der Waals surface area contributed by atoms with Crippen molar-refractivity contribution in [2.75, 3.05) is 17.1 Å². The quantitative estimate of drug-likeness (QED) is 0.312. The predicted molar refractivity (Wildman–Crippen MR) is 161 cm³/mol. The zero-order valence-corrected chi connectivity index (χ0v) is 24.6. The maximum absolute atomic E-state index is 13.9. The Morgan fingerprint density at radius 2 is 1.49 bits per heavy atom. The second-order valence-corrected chi connectivity index (χ2v) is 12.4. The summed E-state index contributed by atoms with van der Waals surface area (Å²) in [6, 6.07) is 25.2. The van der Waals surface area contributed by atoms with E-state index in [9.17, 15) is 18.0 Å². The van der Waals surface area contributed by atoms with Crippen LogP contribution in [0.1, 0.15) is 50.2 Å². The fourth-order valence-corrected chi connectivity index (χ4v) is 5.98.